The van der Waals surface area contributed by atoms with Crippen LogP contribution in [0.15, 0.2) is 23.6 Å². The number of allylic oxidation sites excluding steroid dienone is 4. The van der Waals surface area contributed by atoms with Crippen LogP contribution in [0.4, 0.5) is 18.0 Å². The number of ether oxygens (including phenoxy) is 3. The van der Waals surface area contributed by atoms with Gasteiger partial charge in [0.25, 0.3) is 0 Å². The third-order valence-electron chi connectivity index (χ3n) is 9.32. The van der Waals surface area contributed by atoms with Crippen molar-refractivity contribution in [2.75, 3.05) is 6.86 Å². The Balaban J connectivity index is 1.85. The minimum Gasteiger partial charge on any atom is -0.431 e. The van der Waals surface area contributed by atoms with Gasteiger partial charge in [-0.1, -0.05) is 19.9 Å². The molecule has 0 bridgehead atoms. The molecule has 0 aromatic carbocycles. The fraction of sp³-hybridized carbons (Fsp3) is 0.741. The van der Waals surface area contributed by atoms with Crippen LogP contribution in [-0.4, -0.2) is 52.8 Å². The molecule has 2 saturated carbocycles. The van der Waals surface area contributed by atoms with Crippen LogP contribution in [0.3, 0.4) is 0 Å². The molecule has 4 aliphatic rings. The van der Waals surface area contributed by atoms with E-state index >= 15 is 8.78 Å². The molecule has 0 aliphatic heterocycles. The molecule has 2 fully saturated rings. The van der Waals surface area contributed by atoms with Crippen molar-refractivity contribution >= 4 is 17.9 Å². The van der Waals surface area contributed by atoms with E-state index in [2.05, 4.69) is 0 Å². The highest BCUT2D eigenvalue weighted by molar-refractivity contribution is 5.93. The van der Waals surface area contributed by atoms with Gasteiger partial charge in [-0.2, -0.15) is 0 Å². The van der Waals surface area contributed by atoms with Gasteiger partial charge in [-0.15, -0.1) is 0 Å². The van der Waals surface area contributed by atoms with Crippen LogP contribution in [-0.2, 0) is 23.8 Å². The van der Waals surface area contributed by atoms with Crippen LogP contribution in [0.1, 0.15) is 67.2 Å². The molecule has 206 valence electrons. The first-order chi connectivity index (χ1) is 17.0. The molecule has 37 heavy (non-hydrogen) atoms. The molecule has 0 heterocycles. The van der Waals surface area contributed by atoms with E-state index in [-0.39, 0.29) is 30.6 Å². The third kappa shape index (κ3) is 3.68. The summed E-state index contributed by atoms with van der Waals surface area (Å²) in [7, 11) is 0. The van der Waals surface area contributed by atoms with E-state index in [4.69, 9.17) is 14.2 Å². The first-order valence-electron chi connectivity index (χ1n) is 12.6. The Kier molecular flexibility index (Phi) is 6.41. The summed E-state index contributed by atoms with van der Waals surface area (Å²) in [5, 5.41) is 11.4. The Hall–Kier alpha value is -2.36. The topological polar surface area (TPSA) is 99.1 Å². The summed E-state index contributed by atoms with van der Waals surface area (Å²) in [5.41, 5.74) is -8.48. The summed E-state index contributed by atoms with van der Waals surface area (Å²) < 4.78 is 61.9. The highest BCUT2D eigenvalue weighted by atomic mass is 19.1. The lowest BCUT2D eigenvalue weighted by Gasteiger charge is -2.62. The van der Waals surface area contributed by atoms with Crippen molar-refractivity contribution in [2.24, 2.45) is 28.6 Å². The fourth-order valence-electron chi connectivity index (χ4n) is 7.75. The van der Waals surface area contributed by atoms with E-state index in [0.29, 0.717) is 0 Å². The van der Waals surface area contributed by atoms with Crippen molar-refractivity contribution in [3.8, 4) is 0 Å². The molecule has 0 spiro atoms. The Morgan fingerprint density at radius 2 is 1.86 bits per heavy atom. The van der Waals surface area contributed by atoms with Crippen LogP contribution in [0.25, 0.3) is 0 Å². The number of esters is 1. The molecule has 7 nitrogen and oxygen atoms in total. The molecule has 0 amide bonds. The predicted octanol–water partition coefficient (Wildman–Crippen LogP) is 5.06. The molecule has 4 rings (SSSR count). The van der Waals surface area contributed by atoms with Gasteiger partial charge in [-0.05, 0) is 58.1 Å². The number of ketones is 1. The second kappa shape index (κ2) is 8.58. The zero-order valence-electron chi connectivity index (χ0n) is 22.0. The van der Waals surface area contributed by atoms with E-state index in [1.54, 1.807) is 34.6 Å². The molecule has 8 atom stereocenters. The summed E-state index contributed by atoms with van der Waals surface area (Å²) in [5.74, 6) is -4.84. The number of aliphatic hydroxyl groups excluding tert-OH is 1. The van der Waals surface area contributed by atoms with Gasteiger partial charge in [0.05, 0.1) is 6.10 Å². The lowest BCUT2D eigenvalue weighted by Crippen LogP contribution is -2.70. The summed E-state index contributed by atoms with van der Waals surface area (Å²) in [4.78, 5) is 38.3. The highest BCUT2D eigenvalue weighted by Gasteiger charge is 2.78. The largest absolute Gasteiger partial charge is 0.509 e. The Morgan fingerprint density at radius 1 is 1.22 bits per heavy atom. The van der Waals surface area contributed by atoms with E-state index < -0.39 is 82.8 Å². The maximum atomic E-state index is 17.3. The molecule has 0 radical (unpaired) electrons. The Bertz CT molecular complexity index is 1080. The molecule has 0 unspecified atom stereocenters. The molecule has 0 aromatic heterocycles. The number of hydrogen-bond donors (Lipinski definition) is 1. The van der Waals surface area contributed by atoms with Crippen LogP contribution >= 0.6 is 0 Å². The number of alkyl halides is 2. The second-order valence-electron chi connectivity index (χ2n) is 12.4. The number of carbonyl (C=O) groups excluding carboxylic acids is 3. The average molecular weight is 529 g/mol. The van der Waals surface area contributed by atoms with Gasteiger partial charge in [0.2, 0.25) is 12.5 Å². The first-order valence-corrected chi connectivity index (χ1v) is 12.6. The van der Waals surface area contributed by atoms with Gasteiger partial charge in [-0.3, -0.25) is 4.79 Å². The average Bonchev–Trinajstić information content (AvgIpc) is 2.98. The van der Waals surface area contributed by atoms with Crippen molar-refractivity contribution in [3.63, 3.8) is 0 Å². The van der Waals surface area contributed by atoms with Crippen LogP contribution in [0.2, 0.25) is 0 Å². The summed E-state index contributed by atoms with van der Waals surface area (Å²) in [6.07, 6.45) is -1.30. The first kappa shape index (κ1) is 27.7. The molecule has 0 saturated heterocycles. The van der Waals surface area contributed by atoms with Crippen LogP contribution in [0.5, 0.6) is 0 Å². The standard InChI is InChI=1S/C27H35F3O7/c1-14-9-16-17-11-19(29)18-10-15(31)7-8-24(18,5)26(17,30)20(32)12-25(16,6)27(14,21(33)35-13-28)37-22(34)36-23(2,3)4/h7-8,14,16-17,20,32H,9-13H2,1-6H3/t14-,16+,17+,20+,24+,25+,26+,27+/m1/s1. The van der Waals surface area contributed by atoms with Crippen molar-refractivity contribution in [2.45, 2.75) is 90.2 Å². The number of carbonyl (C=O) groups is 3. The fourth-order valence-corrected chi connectivity index (χ4v) is 7.75. The van der Waals surface area contributed by atoms with Crippen molar-refractivity contribution in [1.29, 1.82) is 0 Å². The molecular weight excluding hydrogens is 493 g/mol. The SMILES string of the molecule is C[C@@H]1C[C@H]2[C@@H]3CC(F)=C4CC(=O)C=C[C@]4(C)[C@@]3(F)[C@@H](O)C[C@]2(C)[C@@]1(OC(=O)OC(C)(C)C)C(=O)OCF. The van der Waals surface area contributed by atoms with Crippen molar-refractivity contribution in [3.05, 3.63) is 23.6 Å². The lowest BCUT2D eigenvalue weighted by atomic mass is 9.45. The molecule has 1 N–H and O–H groups in total. The number of hydrogen-bond acceptors (Lipinski definition) is 7. The van der Waals surface area contributed by atoms with Gasteiger partial charge in [0, 0.05) is 35.5 Å². The van der Waals surface area contributed by atoms with Gasteiger partial charge < -0.3 is 19.3 Å². The minimum atomic E-state index is -2.37. The minimum absolute atomic E-state index is 0.0144. The third-order valence-corrected chi connectivity index (χ3v) is 9.32. The normalized spacial score (nSPS) is 43.0. The van der Waals surface area contributed by atoms with E-state index in [1.807, 2.05) is 0 Å². The lowest BCUT2D eigenvalue weighted by molar-refractivity contribution is -0.231. The molecule has 0 aromatic rings. The van der Waals surface area contributed by atoms with Gasteiger partial charge in [0.15, 0.2) is 11.5 Å². The number of aliphatic hydroxyl groups is 1. The summed E-state index contributed by atoms with van der Waals surface area (Å²) in [6, 6.07) is 0. The van der Waals surface area contributed by atoms with Crippen molar-refractivity contribution < 1.29 is 46.9 Å². The quantitative estimate of drug-likeness (QED) is 0.511. The zero-order chi connectivity index (χ0) is 27.8. The number of fused-ring (bicyclic) bond motifs is 5. The number of rotatable bonds is 3. The predicted molar refractivity (Wildman–Crippen MR) is 125 cm³/mol. The van der Waals surface area contributed by atoms with Crippen LogP contribution < -0.4 is 0 Å². The van der Waals surface area contributed by atoms with E-state index in [0.717, 1.165) is 0 Å². The molecule has 10 heteroatoms. The molecular formula is C27H35F3O7. The Morgan fingerprint density at radius 3 is 2.46 bits per heavy atom. The highest BCUT2D eigenvalue weighted by Crippen LogP contribution is 2.71. The number of halogens is 3. The van der Waals surface area contributed by atoms with E-state index in [9.17, 15) is 23.9 Å². The van der Waals surface area contributed by atoms with E-state index in [1.165, 1.54) is 19.1 Å². The van der Waals surface area contributed by atoms with Gasteiger partial charge in [0.1, 0.15) is 11.4 Å². The monoisotopic (exact) mass is 528 g/mol. The summed E-state index contributed by atoms with van der Waals surface area (Å²) >= 11 is 0. The molecule has 4 aliphatic carbocycles. The summed E-state index contributed by atoms with van der Waals surface area (Å²) in [6.45, 7) is 7.95. The second-order valence-corrected chi connectivity index (χ2v) is 12.4. The maximum absolute atomic E-state index is 17.3. The van der Waals surface area contributed by atoms with Crippen LogP contribution in [0, 0.1) is 28.6 Å². The van der Waals surface area contributed by atoms with Gasteiger partial charge in [-0.25, -0.2) is 22.8 Å². The maximum Gasteiger partial charge on any atom is 0.509 e. The smallest absolute Gasteiger partial charge is 0.431 e. The zero-order valence-corrected chi connectivity index (χ0v) is 22.0. The Labute approximate surface area is 214 Å². The van der Waals surface area contributed by atoms with Crippen molar-refractivity contribution in [1.82, 2.24) is 0 Å². The van der Waals surface area contributed by atoms with Gasteiger partial charge >= 0.3 is 12.1 Å².